The van der Waals surface area contributed by atoms with E-state index in [1.807, 2.05) is 0 Å². The Hall–Kier alpha value is -2.43. The molecular formula is C12H10F3N3O4S. The van der Waals surface area contributed by atoms with E-state index in [0.717, 1.165) is 24.6 Å². The SMILES string of the molecule is CCOC(=O)c1cnn(-c2nc(C(=O)OC)cs2)c1C(F)(F)F. The van der Waals surface area contributed by atoms with Crippen molar-refractivity contribution in [2.24, 2.45) is 0 Å². The molecule has 0 aliphatic heterocycles. The molecule has 0 bridgehead atoms. The zero-order valence-electron chi connectivity index (χ0n) is 11.9. The van der Waals surface area contributed by atoms with Crippen molar-refractivity contribution < 1.29 is 32.2 Å². The van der Waals surface area contributed by atoms with Gasteiger partial charge in [-0.15, -0.1) is 11.3 Å². The molecule has 0 saturated heterocycles. The summed E-state index contributed by atoms with van der Waals surface area (Å²) in [4.78, 5) is 26.7. The number of ether oxygens (including phenoxy) is 2. The number of halogens is 3. The summed E-state index contributed by atoms with van der Waals surface area (Å²) in [5.41, 5.74) is -2.20. The van der Waals surface area contributed by atoms with Crippen LogP contribution in [0.4, 0.5) is 13.2 Å². The minimum atomic E-state index is -4.87. The Balaban J connectivity index is 2.53. The number of alkyl halides is 3. The van der Waals surface area contributed by atoms with Crippen LogP contribution in [0.3, 0.4) is 0 Å². The van der Waals surface area contributed by atoms with E-state index in [9.17, 15) is 22.8 Å². The molecule has 0 amide bonds. The van der Waals surface area contributed by atoms with E-state index in [1.54, 1.807) is 0 Å². The molecule has 0 atom stereocenters. The standard InChI is InChI=1S/C12H10F3N3O4S/c1-3-22-9(19)6-4-16-18(8(6)12(13,14)15)11-17-7(5-23-11)10(20)21-2/h4-5H,3H2,1-2H3. The van der Waals surface area contributed by atoms with Crippen molar-refractivity contribution >= 4 is 23.3 Å². The molecule has 0 radical (unpaired) electrons. The van der Waals surface area contributed by atoms with Gasteiger partial charge < -0.3 is 9.47 Å². The van der Waals surface area contributed by atoms with Crippen LogP contribution >= 0.6 is 11.3 Å². The monoisotopic (exact) mass is 349 g/mol. The minimum absolute atomic E-state index is 0.0783. The molecular weight excluding hydrogens is 339 g/mol. The van der Waals surface area contributed by atoms with Gasteiger partial charge in [-0.25, -0.2) is 19.3 Å². The molecule has 2 heterocycles. The lowest BCUT2D eigenvalue weighted by atomic mass is 10.2. The number of carbonyl (C=O) groups is 2. The third-order valence-electron chi connectivity index (χ3n) is 2.60. The van der Waals surface area contributed by atoms with Crippen LogP contribution in [-0.4, -0.2) is 40.4 Å². The third-order valence-corrected chi connectivity index (χ3v) is 3.42. The van der Waals surface area contributed by atoms with Crippen molar-refractivity contribution in [1.82, 2.24) is 14.8 Å². The molecule has 7 nitrogen and oxygen atoms in total. The average molecular weight is 349 g/mol. The molecule has 23 heavy (non-hydrogen) atoms. The first kappa shape index (κ1) is 16.9. The van der Waals surface area contributed by atoms with Gasteiger partial charge in [-0.05, 0) is 6.92 Å². The van der Waals surface area contributed by atoms with Crippen LogP contribution < -0.4 is 0 Å². The van der Waals surface area contributed by atoms with E-state index < -0.39 is 29.4 Å². The second kappa shape index (κ2) is 6.36. The Kier molecular flexibility index (Phi) is 4.68. The summed E-state index contributed by atoms with van der Waals surface area (Å²) in [6.07, 6.45) is -4.12. The van der Waals surface area contributed by atoms with Crippen molar-refractivity contribution in [3.63, 3.8) is 0 Å². The first-order valence-electron chi connectivity index (χ1n) is 6.16. The van der Waals surface area contributed by atoms with Crippen LogP contribution in [0.15, 0.2) is 11.6 Å². The maximum Gasteiger partial charge on any atom is 0.434 e. The Morgan fingerprint density at radius 1 is 1.35 bits per heavy atom. The molecule has 124 valence electrons. The summed E-state index contributed by atoms with van der Waals surface area (Å²) in [5, 5.41) is 4.55. The van der Waals surface area contributed by atoms with Crippen molar-refractivity contribution in [3.8, 4) is 5.13 Å². The molecule has 2 aromatic rings. The summed E-state index contributed by atoms with van der Waals surface area (Å²) in [7, 11) is 1.12. The normalized spacial score (nSPS) is 11.3. The second-order valence-electron chi connectivity index (χ2n) is 4.04. The van der Waals surface area contributed by atoms with Crippen molar-refractivity contribution in [2.45, 2.75) is 13.1 Å². The van der Waals surface area contributed by atoms with Gasteiger partial charge in [-0.1, -0.05) is 0 Å². The fourth-order valence-electron chi connectivity index (χ4n) is 1.68. The molecule has 0 fully saturated rings. The van der Waals surface area contributed by atoms with E-state index in [0.29, 0.717) is 4.68 Å². The number of carbonyl (C=O) groups excluding carboxylic acids is 2. The molecule has 2 aromatic heterocycles. The van der Waals surface area contributed by atoms with Gasteiger partial charge in [0.05, 0.1) is 19.9 Å². The molecule has 0 aliphatic carbocycles. The van der Waals surface area contributed by atoms with Crippen molar-refractivity contribution in [3.05, 3.63) is 28.5 Å². The lowest BCUT2D eigenvalue weighted by molar-refractivity contribution is -0.143. The molecule has 0 aromatic carbocycles. The Morgan fingerprint density at radius 2 is 2.04 bits per heavy atom. The highest BCUT2D eigenvalue weighted by Crippen LogP contribution is 2.34. The number of hydrogen-bond donors (Lipinski definition) is 0. The highest BCUT2D eigenvalue weighted by Gasteiger charge is 2.41. The highest BCUT2D eigenvalue weighted by atomic mass is 32.1. The van der Waals surface area contributed by atoms with E-state index in [4.69, 9.17) is 0 Å². The average Bonchev–Trinajstić information content (AvgIpc) is 3.12. The number of aromatic nitrogens is 3. The van der Waals surface area contributed by atoms with E-state index in [2.05, 4.69) is 19.6 Å². The number of nitrogens with zero attached hydrogens (tertiary/aromatic N) is 3. The number of hydrogen-bond acceptors (Lipinski definition) is 7. The van der Waals surface area contributed by atoms with Crippen LogP contribution in [0, 0.1) is 0 Å². The Bertz CT molecular complexity index is 738. The first-order valence-corrected chi connectivity index (χ1v) is 7.04. The first-order chi connectivity index (χ1) is 10.8. The van der Waals surface area contributed by atoms with Gasteiger partial charge in [-0.2, -0.15) is 18.3 Å². The summed E-state index contributed by atoms with van der Waals surface area (Å²) < 4.78 is 49.3. The predicted octanol–water partition coefficient (Wildman–Crippen LogP) is 2.31. The smallest absolute Gasteiger partial charge is 0.434 e. The van der Waals surface area contributed by atoms with Crippen molar-refractivity contribution in [2.75, 3.05) is 13.7 Å². The van der Waals surface area contributed by atoms with Crippen LogP contribution in [0.25, 0.3) is 5.13 Å². The number of methoxy groups -OCH3 is 1. The molecule has 0 aliphatic rings. The van der Waals surface area contributed by atoms with Gasteiger partial charge in [0.2, 0.25) is 5.13 Å². The zero-order chi connectivity index (χ0) is 17.2. The zero-order valence-corrected chi connectivity index (χ0v) is 12.7. The molecule has 0 unspecified atom stereocenters. The molecule has 11 heteroatoms. The molecule has 0 spiro atoms. The van der Waals surface area contributed by atoms with E-state index in [1.165, 1.54) is 12.3 Å². The van der Waals surface area contributed by atoms with Gasteiger partial charge in [0.15, 0.2) is 11.4 Å². The fourth-order valence-corrected chi connectivity index (χ4v) is 2.44. The summed E-state index contributed by atoms with van der Waals surface area (Å²) in [6, 6.07) is 0. The molecule has 2 rings (SSSR count). The Labute approximate surface area is 131 Å². The number of thiazole rings is 1. The topological polar surface area (TPSA) is 83.3 Å². The highest BCUT2D eigenvalue weighted by molar-refractivity contribution is 7.12. The van der Waals surface area contributed by atoms with E-state index >= 15 is 0 Å². The van der Waals surface area contributed by atoms with Gasteiger partial charge in [0, 0.05) is 5.38 Å². The summed E-state index contributed by atoms with van der Waals surface area (Å²) in [5.74, 6) is -1.94. The van der Waals surface area contributed by atoms with E-state index in [-0.39, 0.29) is 17.4 Å². The van der Waals surface area contributed by atoms with Gasteiger partial charge in [-0.3, -0.25) is 0 Å². The molecule has 0 N–H and O–H groups in total. The van der Waals surface area contributed by atoms with Gasteiger partial charge in [0.1, 0.15) is 5.56 Å². The largest absolute Gasteiger partial charge is 0.464 e. The number of rotatable bonds is 4. The summed E-state index contributed by atoms with van der Waals surface area (Å²) in [6.45, 7) is 1.39. The quantitative estimate of drug-likeness (QED) is 0.788. The Morgan fingerprint density at radius 3 is 2.61 bits per heavy atom. The maximum atomic E-state index is 13.3. The second-order valence-corrected chi connectivity index (χ2v) is 4.88. The van der Waals surface area contributed by atoms with Crippen LogP contribution in [0.5, 0.6) is 0 Å². The van der Waals surface area contributed by atoms with Gasteiger partial charge >= 0.3 is 18.1 Å². The van der Waals surface area contributed by atoms with Gasteiger partial charge in [0.25, 0.3) is 0 Å². The van der Waals surface area contributed by atoms with Crippen molar-refractivity contribution in [1.29, 1.82) is 0 Å². The summed E-state index contributed by atoms with van der Waals surface area (Å²) >= 11 is 0.751. The predicted molar refractivity (Wildman–Crippen MR) is 71.5 cm³/mol. The van der Waals surface area contributed by atoms with Crippen LogP contribution in [0.2, 0.25) is 0 Å². The fraction of sp³-hybridized carbons (Fsp3) is 0.333. The minimum Gasteiger partial charge on any atom is -0.464 e. The maximum absolute atomic E-state index is 13.3. The third kappa shape index (κ3) is 3.33. The lowest BCUT2D eigenvalue weighted by Crippen LogP contribution is -2.18. The lowest BCUT2D eigenvalue weighted by Gasteiger charge is -2.10. The van der Waals surface area contributed by atoms with Crippen LogP contribution in [-0.2, 0) is 15.7 Å². The molecule has 0 saturated carbocycles. The number of esters is 2. The van der Waals surface area contributed by atoms with Crippen LogP contribution in [0.1, 0.15) is 33.5 Å².